The van der Waals surface area contributed by atoms with Gasteiger partial charge in [-0.15, -0.1) is 0 Å². The predicted molar refractivity (Wildman–Crippen MR) is 150 cm³/mol. The molecule has 214 valence electrons. The normalized spacial score (nSPS) is 15.9. The number of anilines is 3. The minimum atomic E-state index is -4.53. The van der Waals surface area contributed by atoms with Crippen LogP contribution in [0.4, 0.5) is 34.8 Å². The molecule has 0 bridgehead atoms. The minimum absolute atomic E-state index is 0.0321. The van der Waals surface area contributed by atoms with E-state index in [9.17, 15) is 26.0 Å². The van der Waals surface area contributed by atoms with Crippen molar-refractivity contribution in [2.45, 2.75) is 17.9 Å². The molecule has 4 aromatic rings. The molecule has 1 aromatic heterocycles. The standard InChI is InChI=1S/C28H24ClF4N5O2S/c1-41(39,40)27-24(32)22(30)26(23(31)25(27)33)36-10-12-37(13-11-36)28-17-8-9-38(14-19(17)34-15-35-28)20-7-3-5-16-4-2-6-18(29)21(16)20/h2-7,15H,8-14H2,1H3. The lowest BCUT2D eigenvalue weighted by molar-refractivity contribution is 0.417. The van der Waals surface area contributed by atoms with Crippen LogP contribution in [0.2, 0.25) is 5.02 Å². The fraction of sp³-hybridized carbons (Fsp3) is 0.286. The van der Waals surface area contributed by atoms with Gasteiger partial charge in [-0.2, -0.15) is 0 Å². The number of benzene rings is 3. The average molecular weight is 606 g/mol. The summed E-state index contributed by atoms with van der Waals surface area (Å²) in [6.45, 7) is 1.83. The highest BCUT2D eigenvalue weighted by atomic mass is 35.5. The van der Waals surface area contributed by atoms with E-state index in [1.54, 1.807) is 0 Å². The Bertz CT molecular complexity index is 1760. The first kappa shape index (κ1) is 27.5. The molecule has 0 amide bonds. The van der Waals surface area contributed by atoms with Gasteiger partial charge in [0.15, 0.2) is 33.1 Å². The Morgan fingerprint density at radius 1 is 0.805 bits per heavy atom. The molecule has 0 unspecified atom stereocenters. The molecular weight excluding hydrogens is 582 g/mol. The average Bonchev–Trinajstić information content (AvgIpc) is 2.95. The summed E-state index contributed by atoms with van der Waals surface area (Å²) in [7, 11) is -4.53. The van der Waals surface area contributed by atoms with Crippen LogP contribution in [0.25, 0.3) is 10.8 Å². The highest BCUT2D eigenvalue weighted by molar-refractivity contribution is 7.90. The molecule has 3 heterocycles. The second-order valence-corrected chi connectivity index (χ2v) is 12.4. The van der Waals surface area contributed by atoms with Crippen molar-refractivity contribution in [3.05, 3.63) is 82.3 Å². The third-order valence-corrected chi connectivity index (χ3v) is 9.04. The molecule has 0 atom stereocenters. The Hall–Kier alpha value is -3.64. The van der Waals surface area contributed by atoms with Crippen molar-refractivity contribution in [1.29, 1.82) is 0 Å². The summed E-state index contributed by atoms with van der Waals surface area (Å²) < 4.78 is 82.1. The maximum absolute atomic E-state index is 14.8. The number of aromatic nitrogens is 2. The van der Waals surface area contributed by atoms with E-state index in [-0.39, 0.29) is 26.2 Å². The molecule has 6 rings (SSSR count). The van der Waals surface area contributed by atoms with Gasteiger partial charge in [-0.05, 0) is 23.9 Å². The van der Waals surface area contributed by atoms with Gasteiger partial charge in [0.05, 0.1) is 17.3 Å². The summed E-state index contributed by atoms with van der Waals surface area (Å²) in [5.74, 6) is -6.61. The second-order valence-electron chi connectivity index (χ2n) is 10.1. The summed E-state index contributed by atoms with van der Waals surface area (Å²) in [5.41, 5.74) is 1.92. The lowest BCUT2D eigenvalue weighted by Gasteiger charge is -2.39. The van der Waals surface area contributed by atoms with Crippen LogP contribution in [0.15, 0.2) is 47.6 Å². The van der Waals surface area contributed by atoms with Gasteiger partial charge >= 0.3 is 0 Å². The van der Waals surface area contributed by atoms with Crippen molar-refractivity contribution >= 4 is 49.4 Å². The summed E-state index contributed by atoms with van der Waals surface area (Å²) >= 11 is 6.55. The van der Waals surface area contributed by atoms with Crippen LogP contribution in [0.5, 0.6) is 0 Å². The van der Waals surface area contributed by atoms with Gasteiger partial charge in [-0.3, -0.25) is 0 Å². The Balaban J connectivity index is 1.24. The van der Waals surface area contributed by atoms with E-state index in [0.717, 1.165) is 27.7 Å². The fourth-order valence-corrected chi connectivity index (χ4v) is 6.81. The number of sulfone groups is 1. The van der Waals surface area contributed by atoms with Crippen molar-refractivity contribution < 1.29 is 26.0 Å². The van der Waals surface area contributed by atoms with Gasteiger partial charge in [0.25, 0.3) is 0 Å². The van der Waals surface area contributed by atoms with Crippen molar-refractivity contribution in [3.63, 3.8) is 0 Å². The van der Waals surface area contributed by atoms with Crippen LogP contribution < -0.4 is 14.7 Å². The van der Waals surface area contributed by atoms with Gasteiger partial charge in [0.2, 0.25) is 0 Å². The smallest absolute Gasteiger partial charge is 0.186 e. The Morgan fingerprint density at radius 2 is 1.44 bits per heavy atom. The number of hydrogen-bond acceptors (Lipinski definition) is 7. The zero-order valence-corrected chi connectivity index (χ0v) is 23.4. The highest BCUT2D eigenvalue weighted by Crippen LogP contribution is 2.37. The number of nitrogens with zero attached hydrogens (tertiary/aromatic N) is 5. The van der Waals surface area contributed by atoms with Crippen molar-refractivity contribution in [3.8, 4) is 0 Å². The van der Waals surface area contributed by atoms with E-state index in [1.165, 1.54) is 11.2 Å². The van der Waals surface area contributed by atoms with Gasteiger partial charge in [-0.1, -0.05) is 35.9 Å². The molecule has 41 heavy (non-hydrogen) atoms. The molecule has 0 saturated carbocycles. The topological polar surface area (TPSA) is 69.6 Å². The number of hydrogen-bond donors (Lipinski definition) is 0. The first-order chi connectivity index (χ1) is 19.6. The lowest BCUT2D eigenvalue weighted by Crippen LogP contribution is -2.48. The van der Waals surface area contributed by atoms with Crippen molar-refractivity contribution in [2.24, 2.45) is 0 Å². The molecular formula is C28H24ClF4N5O2S. The van der Waals surface area contributed by atoms with E-state index in [0.29, 0.717) is 36.6 Å². The van der Waals surface area contributed by atoms with Crippen LogP contribution >= 0.6 is 11.6 Å². The maximum atomic E-state index is 14.8. The molecule has 2 aliphatic heterocycles. The minimum Gasteiger partial charge on any atom is -0.365 e. The first-order valence-corrected chi connectivity index (χ1v) is 15.1. The molecule has 1 saturated heterocycles. The van der Waals surface area contributed by atoms with Crippen LogP contribution in [0.3, 0.4) is 0 Å². The highest BCUT2D eigenvalue weighted by Gasteiger charge is 2.35. The third-order valence-electron chi connectivity index (χ3n) is 7.62. The number of fused-ring (bicyclic) bond motifs is 2. The predicted octanol–water partition coefficient (Wildman–Crippen LogP) is 5.13. The number of rotatable bonds is 4. The van der Waals surface area contributed by atoms with E-state index >= 15 is 0 Å². The molecule has 0 N–H and O–H groups in total. The second kappa shape index (κ2) is 10.3. The summed E-state index contributed by atoms with van der Waals surface area (Å²) in [6, 6.07) is 11.8. The van der Waals surface area contributed by atoms with E-state index in [1.807, 2.05) is 41.3 Å². The van der Waals surface area contributed by atoms with Crippen LogP contribution in [0.1, 0.15) is 11.3 Å². The zero-order valence-electron chi connectivity index (χ0n) is 21.8. The molecule has 0 radical (unpaired) electrons. The molecule has 1 fully saturated rings. The van der Waals surface area contributed by atoms with Gasteiger partial charge in [-0.25, -0.2) is 35.9 Å². The fourth-order valence-electron chi connectivity index (χ4n) is 5.70. The monoisotopic (exact) mass is 605 g/mol. The van der Waals surface area contributed by atoms with Crippen molar-refractivity contribution in [1.82, 2.24) is 9.97 Å². The van der Waals surface area contributed by atoms with Crippen LogP contribution in [-0.2, 0) is 22.8 Å². The Labute approximate surface area is 238 Å². The number of piperazine rings is 1. The van der Waals surface area contributed by atoms with Gasteiger partial charge in [0, 0.05) is 55.6 Å². The summed E-state index contributed by atoms with van der Waals surface area (Å²) in [6.07, 6.45) is 2.62. The SMILES string of the molecule is CS(=O)(=O)c1c(F)c(F)c(N2CCN(c3ncnc4c3CCN(c3cccc5cccc(Cl)c35)C4)CC2)c(F)c1F. The molecule has 0 spiro atoms. The molecule has 7 nitrogen and oxygen atoms in total. The Kier molecular flexibility index (Phi) is 6.93. The Morgan fingerprint density at radius 3 is 2.10 bits per heavy atom. The summed E-state index contributed by atoms with van der Waals surface area (Å²) in [5, 5.41) is 2.69. The van der Waals surface area contributed by atoms with E-state index < -0.39 is 43.7 Å². The zero-order chi connectivity index (χ0) is 29.1. The van der Waals surface area contributed by atoms with Gasteiger partial charge in [0.1, 0.15) is 22.7 Å². The molecule has 0 aliphatic carbocycles. The summed E-state index contributed by atoms with van der Waals surface area (Å²) in [4.78, 5) is 12.8. The van der Waals surface area contributed by atoms with Gasteiger partial charge < -0.3 is 14.7 Å². The lowest BCUT2D eigenvalue weighted by atomic mass is 10.0. The largest absolute Gasteiger partial charge is 0.365 e. The quantitative estimate of drug-likeness (QED) is 0.236. The molecule has 3 aromatic carbocycles. The molecule has 13 heteroatoms. The van der Waals surface area contributed by atoms with Crippen LogP contribution in [0, 0.1) is 23.3 Å². The first-order valence-electron chi connectivity index (χ1n) is 12.9. The number of halogens is 5. The van der Waals surface area contributed by atoms with E-state index in [4.69, 9.17) is 11.6 Å². The third kappa shape index (κ3) is 4.72. The maximum Gasteiger partial charge on any atom is 0.186 e. The van der Waals surface area contributed by atoms with Crippen LogP contribution in [-0.4, -0.2) is 57.4 Å². The van der Waals surface area contributed by atoms with E-state index in [2.05, 4.69) is 14.9 Å². The molecule has 2 aliphatic rings. The van der Waals surface area contributed by atoms with Crippen molar-refractivity contribution in [2.75, 3.05) is 53.7 Å².